The summed E-state index contributed by atoms with van der Waals surface area (Å²) >= 11 is 0. The second-order valence-electron chi connectivity index (χ2n) is 13.4. The molecule has 0 N–H and O–H groups in total. The number of anilines is 6. The van der Waals surface area contributed by atoms with Crippen molar-refractivity contribution in [2.45, 2.75) is 0 Å². The first-order valence-electron chi connectivity index (χ1n) is 18.1. The van der Waals surface area contributed by atoms with E-state index >= 15 is 0 Å². The zero-order chi connectivity index (χ0) is 35.1. The van der Waals surface area contributed by atoms with Crippen LogP contribution in [0.5, 0.6) is 0 Å². The predicted molar refractivity (Wildman–Crippen MR) is 225 cm³/mol. The van der Waals surface area contributed by atoms with Gasteiger partial charge in [-0.2, -0.15) is 0 Å². The third-order valence-electron chi connectivity index (χ3n) is 10.3. The van der Waals surface area contributed by atoms with Gasteiger partial charge in [-0.05, 0) is 83.6 Å². The molecular formula is C50H35N3. The van der Waals surface area contributed by atoms with Gasteiger partial charge in [-0.1, -0.05) is 140 Å². The quantitative estimate of drug-likeness (QED) is 0.166. The lowest BCUT2D eigenvalue weighted by molar-refractivity contribution is 1.18. The van der Waals surface area contributed by atoms with Crippen molar-refractivity contribution in [1.82, 2.24) is 4.57 Å². The van der Waals surface area contributed by atoms with Crippen molar-refractivity contribution in [3.8, 4) is 5.69 Å². The summed E-state index contributed by atoms with van der Waals surface area (Å²) in [6.07, 6.45) is 0. The molecule has 1 heterocycles. The zero-order valence-corrected chi connectivity index (χ0v) is 29.0. The summed E-state index contributed by atoms with van der Waals surface area (Å²) in [6, 6.07) is 76.3. The van der Waals surface area contributed by atoms with E-state index in [0.29, 0.717) is 0 Å². The molecule has 0 saturated carbocycles. The first kappa shape index (κ1) is 30.7. The second kappa shape index (κ2) is 12.9. The summed E-state index contributed by atoms with van der Waals surface area (Å²) in [7, 11) is 0. The van der Waals surface area contributed by atoms with Crippen LogP contribution < -0.4 is 9.80 Å². The first-order valence-corrected chi connectivity index (χ1v) is 18.1. The van der Waals surface area contributed by atoms with E-state index in [1.54, 1.807) is 0 Å². The van der Waals surface area contributed by atoms with Gasteiger partial charge in [0.05, 0.1) is 22.4 Å². The minimum atomic E-state index is 1.11. The van der Waals surface area contributed by atoms with Crippen molar-refractivity contribution in [3.63, 3.8) is 0 Å². The monoisotopic (exact) mass is 677 g/mol. The van der Waals surface area contributed by atoms with Crippen molar-refractivity contribution in [2.24, 2.45) is 0 Å². The number of nitrogens with zero attached hydrogens (tertiary/aromatic N) is 3. The molecule has 53 heavy (non-hydrogen) atoms. The van der Waals surface area contributed by atoms with Gasteiger partial charge in [-0.3, -0.25) is 0 Å². The topological polar surface area (TPSA) is 11.4 Å². The maximum Gasteiger partial charge on any atom is 0.0568 e. The van der Waals surface area contributed by atoms with Gasteiger partial charge in [0.25, 0.3) is 0 Å². The Bertz CT molecular complexity index is 2610. The summed E-state index contributed by atoms with van der Waals surface area (Å²) in [6.45, 7) is 0. The Balaban J connectivity index is 1.39. The summed E-state index contributed by atoms with van der Waals surface area (Å²) in [5, 5.41) is 7.33. The van der Waals surface area contributed by atoms with E-state index in [-0.39, 0.29) is 0 Å². The van der Waals surface area contributed by atoms with E-state index in [1.807, 2.05) is 0 Å². The van der Waals surface area contributed by atoms with Crippen LogP contribution in [0, 0.1) is 0 Å². The molecule has 0 unspecified atom stereocenters. The third-order valence-corrected chi connectivity index (χ3v) is 10.3. The van der Waals surface area contributed by atoms with Gasteiger partial charge in [0.1, 0.15) is 0 Å². The van der Waals surface area contributed by atoms with E-state index in [4.69, 9.17) is 0 Å². The van der Waals surface area contributed by atoms with Crippen LogP contribution in [0.15, 0.2) is 212 Å². The summed E-state index contributed by atoms with van der Waals surface area (Å²) < 4.78 is 2.47. The van der Waals surface area contributed by atoms with Crippen LogP contribution in [0.4, 0.5) is 34.1 Å². The Labute approximate surface area is 308 Å². The van der Waals surface area contributed by atoms with E-state index in [2.05, 4.69) is 227 Å². The predicted octanol–water partition coefficient (Wildman–Crippen LogP) is 14.0. The zero-order valence-electron chi connectivity index (χ0n) is 29.0. The minimum absolute atomic E-state index is 1.11. The van der Waals surface area contributed by atoms with E-state index in [9.17, 15) is 0 Å². The van der Waals surface area contributed by atoms with E-state index in [0.717, 1.165) is 50.8 Å². The molecule has 0 aliphatic rings. The fraction of sp³-hybridized carbons (Fsp3) is 0. The van der Waals surface area contributed by atoms with Gasteiger partial charge in [0, 0.05) is 50.0 Å². The second-order valence-corrected chi connectivity index (χ2v) is 13.4. The van der Waals surface area contributed by atoms with Gasteiger partial charge in [0.15, 0.2) is 0 Å². The summed E-state index contributed by atoms with van der Waals surface area (Å²) in [5.41, 5.74) is 10.1. The van der Waals surface area contributed by atoms with Gasteiger partial charge in [-0.25, -0.2) is 0 Å². The molecule has 1 aromatic heterocycles. The van der Waals surface area contributed by atoms with Crippen LogP contribution in [-0.4, -0.2) is 4.57 Å². The maximum atomic E-state index is 2.47. The first-order chi connectivity index (χ1) is 26.3. The van der Waals surface area contributed by atoms with Crippen molar-refractivity contribution < 1.29 is 0 Å². The van der Waals surface area contributed by atoms with Crippen LogP contribution in [0.2, 0.25) is 0 Å². The third kappa shape index (κ3) is 5.13. The average Bonchev–Trinajstić information content (AvgIpc) is 3.57. The van der Waals surface area contributed by atoms with Crippen LogP contribution in [-0.2, 0) is 0 Å². The molecule has 0 radical (unpaired) electrons. The number of fused-ring (bicyclic) bond motifs is 7. The van der Waals surface area contributed by atoms with Crippen molar-refractivity contribution in [1.29, 1.82) is 0 Å². The molecule has 0 atom stereocenters. The summed E-state index contributed by atoms with van der Waals surface area (Å²) in [4.78, 5) is 4.79. The van der Waals surface area contributed by atoms with Crippen LogP contribution in [0.25, 0.3) is 49.0 Å². The Morgan fingerprint density at radius 1 is 0.283 bits per heavy atom. The molecule has 250 valence electrons. The molecule has 0 amide bonds. The smallest absolute Gasteiger partial charge is 0.0568 e. The maximum absolute atomic E-state index is 2.47. The highest BCUT2D eigenvalue weighted by atomic mass is 15.2. The van der Waals surface area contributed by atoms with Gasteiger partial charge >= 0.3 is 0 Å². The Morgan fingerprint density at radius 3 is 0.906 bits per heavy atom. The molecule has 0 aliphatic heterocycles. The highest BCUT2D eigenvalue weighted by Crippen LogP contribution is 2.49. The Kier molecular flexibility index (Phi) is 7.47. The average molecular weight is 678 g/mol. The molecule has 0 saturated heterocycles. The van der Waals surface area contributed by atoms with Crippen LogP contribution in [0.3, 0.4) is 0 Å². The Morgan fingerprint density at radius 2 is 0.566 bits per heavy atom. The highest BCUT2D eigenvalue weighted by Gasteiger charge is 2.25. The number of aromatic nitrogens is 1. The van der Waals surface area contributed by atoms with E-state index < -0.39 is 0 Å². The number of hydrogen-bond acceptors (Lipinski definition) is 2. The van der Waals surface area contributed by atoms with Crippen molar-refractivity contribution >= 4 is 77.5 Å². The number of rotatable bonds is 7. The van der Waals surface area contributed by atoms with Gasteiger partial charge in [-0.15, -0.1) is 0 Å². The molecular weight excluding hydrogens is 643 g/mol. The molecule has 10 aromatic rings. The number of para-hydroxylation sites is 5. The van der Waals surface area contributed by atoms with E-state index in [1.165, 1.54) is 32.3 Å². The standard InChI is InChI=1S/C50H35N3/c1-6-20-36(21-7-1)51(37-22-8-2-9-23-37)45-34-47-49(43-32-18-16-30-41(43)45)50-44-33-19-17-31-42(44)46(35-48(50)53(47)40-28-14-5-15-29-40)52(38-24-10-3-11-25-38)39-26-12-4-13-27-39/h1-35H. The van der Waals surface area contributed by atoms with Gasteiger partial charge < -0.3 is 14.4 Å². The lowest BCUT2D eigenvalue weighted by Crippen LogP contribution is -2.10. The van der Waals surface area contributed by atoms with Crippen LogP contribution >= 0.6 is 0 Å². The molecule has 3 heteroatoms. The molecule has 10 rings (SSSR count). The normalized spacial score (nSPS) is 11.4. The number of benzene rings is 9. The number of hydrogen-bond donors (Lipinski definition) is 0. The fourth-order valence-corrected chi connectivity index (χ4v) is 8.08. The minimum Gasteiger partial charge on any atom is -0.310 e. The largest absolute Gasteiger partial charge is 0.310 e. The van der Waals surface area contributed by atoms with Gasteiger partial charge in [0.2, 0.25) is 0 Å². The van der Waals surface area contributed by atoms with Crippen molar-refractivity contribution in [2.75, 3.05) is 9.80 Å². The molecule has 9 aromatic carbocycles. The summed E-state index contributed by atoms with van der Waals surface area (Å²) in [5.74, 6) is 0. The Hall–Kier alpha value is -7.10. The van der Waals surface area contributed by atoms with Crippen LogP contribution in [0.1, 0.15) is 0 Å². The molecule has 0 spiro atoms. The lowest BCUT2D eigenvalue weighted by Gasteiger charge is -2.27. The molecule has 0 bridgehead atoms. The van der Waals surface area contributed by atoms with Crippen molar-refractivity contribution in [3.05, 3.63) is 212 Å². The highest BCUT2D eigenvalue weighted by molar-refractivity contribution is 6.32. The lowest BCUT2D eigenvalue weighted by atomic mass is 9.96. The SMILES string of the molecule is c1ccc(N(c2ccccc2)c2cc3c(c4ccccc24)c2c4ccccc4c(N(c4ccccc4)c4ccccc4)cc2n3-c2ccccc2)cc1. The fourth-order valence-electron chi connectivity index (χ4n) is 8.08. The molecule has 3 nitrogen and oxygen atoms in total. The molecule has 0 fully saturated rings. The molecule has 0 aliphatic carbocycles.